The molecule has 0 saturated heterocycles. The summed E-state index contributed by atoms with van der Waals surface area (Å²) in [4.78, 5) is 4.42. The highest BCUT2D eigenvalue weighted by atomic mass is 15.2. The van der Waals surface area contributed by atoms with Crippen LogP contribution in [0.4, 0.5) is 5.69 Å². The first-order chi connectivity index (χ1) is 12.3. The number of aryl methyl sites for hydroxylation is 1. The van der Waals surface area contributed by atoms with Gasteiger partial charge >= 0.3 is 0 Å². The number of para-hydroxylation sites is 1. The molecule has 0 atom stereocenters. The van der Waals surface area contributed by atoms with Crippen LogP contribution >= 0.6 is 0 Å². The highest BCUT2D eigenvalue weighted by Crippen LogP contribution is 2.27. The second-order valence-corrected chi connectivity index (χ2v) is 5.85. The fraction of sp³-hybridized carbons (Fsp3) is 0.158. The SMILES string of the molecule is Cc1cccc2c(NCCc3nnc4ccccn34)c(C#N)cnc12. The molecule has 0 bridgehead atoms. The van der Waals surface area contributed by atoms with Gasteiger partial charge in [-0.3, -0.25) is 9.38 Å². The van der Waals surface area contributed by atoms with Crippen molar-refractivity contribution in [2.75, 3.05) is 11.9 Å². The third-order valence-corrected chi connectivity index (χ3v) is 4.25. The number of aromatic nitrogens is 4. The Morgan fingerprint density at radius 3 is 2.96 bits per heavy atom. The molecule has 0 amide bonds. The summed E-state index contributed by atoms with van der Waals surface area (Å²) < 4.78 is 1.97. The molecule has 0 fully saturated rings. The largest absolute Gasteiger partial charge is 0.383 e. The van der Waals surface area contributed by atoms with Crippen molar-refractivity contribution in [3.63, 3.8) is 0 Å². The zero-order valence-corrected chi connectivity index (χ0v) is 13.8. The topological polar surface area (TPSA) is 78.9 Å². The Labute approximate surface area is 144 Å². The number of nitriles is 1. The fourth-order valence-corrected chi connectivity index (χ4v) is 3.01. The molecule has 0 saturated carbocycles. The van der Waals surface area contributed by atoms with Gasteiger partial charge in [-0.25, -0.2) is 0 Å². The second-order valence-electron chi connectivity index (χ2n) is 5.85. The molecule has 0 radical (unpaired) electrons. The standard InChI is InChI=1S/C19H16N6/c1-13-5-4-6-15-18(13)22-12-14(11-20)19(15)21-9-8-17-24-23-16-7-2-3-10-25(16)17/h2-7,10,12H,8-9H2,1H3,(H,21,22). The quantitative estimate of drug-likeness (QED) is 0.623. The van der Waals surface area contributed by atoms with Crippen LogP contribution in [0.3, 0.4) is 0 Å². The smallest absolute Gasteiger partial charge is 0.160 e. The maximum absolute atomic E-state index is 9.42. The van der Waals surface area contributed by atoms with Gasteiger partial charge in [-0.2, -0.15) is 5.26 Å². The van der Waals surface area contributed by atoms with Crippen LogP contribution in [0.2, 0.25) is 0 Å². The summed E-state index contributed by atoms with van der Waals surface area (Å²) >= 11 is 0. The van der Waals surface area contributed by atoms with Gasteiger partial charge in [0.1, 0.15) is 11.9 Å². The maximum Gasteiger partial charge on any atom is 0.160 e. The first kappa shape index (κ1) is 15.1. The van der Waals surface area contributed by atoms with Crippen molar-refractivity contribution in [3.05, 3.63) is 65.7 Å². The monoisotopic (exact) mass is 328 g/mol. The van der Waals surface area contributed by atoms with Gasteiger partial charge < -0.3 is 5.32 Å². The number of anilines is 1. The van der Waals surface area contributed by atoms with E-state index in [2.05, 4.69) is 26.6 Å². The molecule has 1 aromatic carbocycles. The Hall–Kier alpha value is -3.46. The van der Waals surface area contributed by atoms with Gasteiger partial charge in [0.05, 0.1) is 16.8 Å². The average Bonchev–Trinajstić information content (AvgIpc) is 3.05. The Bertz CT molecular complexity index is 1110. The molecule has 3 heterocycles. The molecule has 3 aromatic heterocycles. The van der Waals surface area contributed by atoms with E-state index in [1.165, 1.54) is 0 Å². The molecule has 4 rings (SSSR count). The first-order valence-corrected chi connectivity index (χ1v) is 8.09. The van der Waals surface area contributed by atoms with Crippen molar-refractivity contribution in [3.8, 4) is 6.07 Å². The van der Waals surface area contributed by atoms with E-state index in [4.69, 9.17) is 0 Å². The van der Waals surface area contributed by atoms with Gasteiger partial charge in [0.2, 0.25) is 0 Å². The van der Waals surface area contributed by atoms with E-state index in [9.17, 15) is 5.26 Å². The zero-order chi connectivity index (χ0) is 17.2. The lowest BCUT2D eigenvalue weighted by atomic mass is 10.1. The molecule has 1 N–H and O–H groups in total. The minimum atomic E-state index is 0.546. The van der Waals surface area contributed by atoms with Crippen LogP contribution in [0.5, 0.6) is 0 Å². The van der Waals surface area contributed by atoms with E-state index in [0.717, 1.165) is 33.6 Å². The van der Waals surface area contributed by atoms with Gasteiger partial charge in [0, 0.05) is 30.7 Å². The van der Waals surface area contributed by atoms with E-state index >= 15 is 0 Å². The highest BCUT2D eigenvalue weighted by Gasteiger charge is 2.10. The molecule has 0 spiro atoms. The van der Waals surface area contributed by atoms with Crippen molar-refractivity contribution < 1.29 is 0 Å². The first-order valence-electron chi connectivity index (χ1n) is 8.09. The molecule has 0 aliphatic rings. The Kier molecular flexibility index (Phi) is 3.75. The molecule has 25 heavy (non-hydrogen) atoms. The Morgan fingerprint density at radius 1 is 1.16 bits per heavy atom. The minimum absolute atomic E-state index is 0.546. The Morgan fingerprint density at radius 2 is 2.08 bits per heavy atom. The molecule has 0 unspecified atom stereocenters. The van der Waals surface area contributed by atoms with Crippen LogP contribution in [0, 0.1) is 18.3 Å². The molecule has 0 aliphatic carbocycles. The summed E-state index contributed by atoms with van der Waals surface area (Å²) in [6.45, 7) is 2.67. The number of nitrogens with zero attached hydrogens (tertiary/aromatic N) is 5. The predicted octanol–water partition coefficient (Wildman–Crippen LogP) is 3.11. The van der Waals surface area contributed by atoms with Crippen molar-refractivity contribution >= 4 is 22.2 Å². The number of fused-ring (bicyclic) bond motifs is 2. The molecule has 122 valence electrons. The van der Waals surface area contributed by atoms with Gasteiger partial charge in [-0.15, -0.1) is 10.2 Å². The average molecular weight is 328 g/mol. The van der Waals surface area contributed by atoms with Crippen LogP contribution in [0.25, 0.3) is 16.6 Å². The van der Waals surface area contributed by atoms with Crippen LogP contribution in [0.1, 0.15) is 17.0 Å². The summed E-state index contributed by atoms with van der Waals surface area (Å²) in [5.74, 6) is 0.885. The van der Waals surface area contributed by atoms with Gasteiger partial charge in [-0.1, -0.05) is 24.3 Å². The van der Waals surface area contributed by atoms with E-state index in [-0.39, 0.29) is 0 Å². The predicted molar refractivity (Wildman–Crippen MR) is 96.4 cm³/mol. The molecular weight excluding hydrogens is 312 g/mol. The zero-order valence-electron chi connectivity index (χ0n) is 13.8. The van der Waals surface area contributed by atoms with Crippen molar-refractivity contribution in [2.45, 2.75) is 13.3 Å². The highest BCUT2D eigenvalue weighted by molar-refractivity contribution is 5.95. The lowest BCUT2D eigenvalue weighted by molar-refractivity contribution is 0.871. The van der Waals surface area contributed by atoms with Crippen molar-refractivity contribution in [1.82, 2.24) is 19.6 Å². The van der Waals surface area contributed by atoms with Crippen molar-refractivity contribution in [1.29, 1.82) is 5.26 Å². The van der Waals surface area contributed by atoms with E-state index in [1.54, 1.807) is 6.20 Å². The lowest BCUT2D eigenvalue weighted by Gasteiger charge is -2.12. The maximum atomic E-state index is 9.42. The number of benzene rings is 1. The van der Waals surface area contributed by atoms with E-state index < -0.39 is 0 Å². The number of hydrogen-bond acceptors (Lipinski definition) is 5. The van der Waals surface area contributed by atoms with E-state index in [0.29, 0.717) is 18.5 Å². The third kappa shape index (κ3) is 2.66. The Balaban J connectivity index is 1.62. The molecular formula is C19H16N6. The summed E-state index contributed by atoms with van der Waals surface area (Å²) in [6.07, 6.45) is 4.28. The molecule has 4 aromatic rings. The van der Waals surface area contributed by atoms with Crippen LogP contribution < -0.4 is 5.32 Å². The third-order valence-electron chi connectivity index (χ3n) is 4.25. The van der Waals surface area contributed by atoms with Crippen LogP contribution in [-0.4, -0.2) is 26.1 Å². The second kappa shape index (κ2) is 6.21. The van der Waals surface area contributed by atoms with Crippen LogP contribution in [0.15, 0.2) is 48.8 Å². The molecule has 0 aliphatic heterocycles. The van der Waals surface area contributed by atoms with Gasteiger partial charge in [0.15, 0.2) is 5.65 Å². The summed E-state index contributed by atoms with van der Waals surface area (Å²) in [7, 11) is 0. The van der Waals surface area contributed by atoms with E-state index in [1.807, 2.05) is 53.9 Å². The number of hydrogen-bond donors (Lipinski definition) is 1. The minimum Gasteiger partial charge on any atom is -0.383 e. The number of nitrogens with one attached hydrogen (secondary N) is 1. The number of pyridine rings is 2. The number of rotatable bonds is 4. The van der Waals surface area contributed by atoms with Gasteiger partial charge in [0.25, 0.3) is 0 Å². The summed E-state index contributed by atoms with van der Waals surface area (Å²) in [5.41, 5.74) is 4.21. The normalized spacial score (nSPS) is 10.9. The van der Waals surface area contributed by atoms with Gasteiger partial charge in [-0.05, 0) is 24.6 Å². The molecule has 6 heteroatoms. The molecule has 6 nitrogen and oxygen atoms in total. The fourth-order valence-electron chi connectivity index (χ4n) is 3.01. The van der Waals surface area contributed by atoms with Crippen molar-refractivity contribution in [2.24, 2.45) is 0 Å². The van der Waals surface area contributed by atoms with Crippen LogP contribution in [-0.2, 0) is 6.42 Å². The summed E-state index contributed by atoms with van der Waals surface area (Å²) in [5, 5.41) is 22.2. The summed E-state index contributed by atoms with van der Waals surface area (Å²) in [6, 6.07) is 14.0. The lowest BCUT2D eigenvalue weighted by Crippen LogP contribution is -2.09.